The van der Waals surface area contributed by atoms with E-state index in [1.165, 1.54) is 57.9 Å². The van der Waals surface area contributed by atoms with Gasteiger partial charge >= 0.3 is 0 Å². The van der Waals surface area contributed by atoms with Crippen LogP contribution in [-0.4, -0.2) is 70.7 Å². The van der Waals surface area contributed by atoms with Gasteiger partial charge in [0.05, 0.1) is 0 Å². The van der Waals surface area contributed by atoms with Gasteiger partial charge < -0.3 is 20.4 Å². The Hall–Kier alpha value is -0.160. The first-order valence-electron chi connectivity index (χ1n) is 13.0. The molecule has 184 valence electrons. The largest absolute Gasteiger partial charge is 0.307 e. The molecule has 0 spiro atoms. The third-order valence-corrected chi connectivity index (χ3v) is 7.86. The predicted molar refractivity (Wildman–Crippen MR) is 137 cm³/mol. The maximum Gasteiger partial charge on any atom is 0.0145 e. The highest BCUT2D eigenvalue weighted by Crippen LogP contribution is 2.33. The number of nitrogens with one attached hydrogen (secondary N) is 2. The van der Waals surface area contributed by atoms with E-state index in [-0.39, 0.29) is 22.2 Å². The van der Waals surface area contributed by atoms with Gasteiger partial charge in [0.25, 0.3) is 0 Å². The second-order valence-electron chi connectivity index (χ2n) is 13.8. The van der Waals surface area contributed by atoms with E-state index < -0.39 is 0 Å². The molecule has 0 aromatic carbocycles. The first-order valence-corrected chi connectivity index (χ1v) is 13.0. The van der Waals surface area contributed by atoms with Gasteiger partial charge in [-0.15, -0.1) is 0 Å². The van der Waals surface area contributed by atoms with Crippen molar-refractivity contribution in [1.29, 1.82) is 0 Å². The van der Waals surface area contributed by atoms with E-state index >= 15 is 0 Å². The minimum absolute atomic E-state index is 0.225. The highest BCUT2D eigenvalue weighted by atomic mass is 15.2. The van der Waals surface area contributed by atoms with Crippen LogP contribution in [0.5, 0.6) is 0 Å². The molecule has 0 radical (unpaired) electrons. The molecular formula is C27H56N4. The zero-order valence-electron chi connectivity index (χ0n) is 23.0. The SMILES string of the molecule is CC(CCCCCN(C)C1CC(C)(C)NC(C)(C)C1)N(C)C1CC(C)(C)NC(C)(C)C1. The van der Waals surface area contributed by atoms with Crippen molar-refractivity contribution in [3.05, 3.63) is 0 Å². The van der Waals surface area contributed by atoms with Gasteiger partial charge in [-0.2, -0.15) is 0 Å². The zero-order valence-corrected chi connectivity index (χ0v) is 23.0. The third kappa shape index (κ3) is 8.61. The van der Waals surface area contributed by atoms with Crippen LogP contribution in [0.1, 0.15) is 114 Å². The monoisotopic (exact) mass is 436 g/mol. The Bertz CT molecular complexity index is 534. The second kappa shape index (κ2) is 9.99. The standard InChI is InChI=1S/C27H56N4/c1-21(31(11)23-19-26(6,7)29-27(8,9)20-23)15-13-12-14-16-30(10)22-17-24(2,3)28-25(4,5)18-22/h21-23,28-29H,12-20H2,1-11H3. The van der Waals surface area contributed by atoms with Crippen LogP contribution in [0.15, 0.2) is 0 Å². The fraction of sp³-hybridized carbons (Fsp3) is 1.00. The highest BCUT2D eigenvalue weighted by molar-refractivity contribution is 5.01. The molecule has 2 heterocycles. The van der Waals surface area contributed by atoms with E-state index in [1.54, 1.807) is 0 Å². The van der Waals surface area contributed by atoms with Crippen LogP contribution < -0.4 is 10.6 Å². The Morgan fingerprint density at radius 1 is 0.677 bits per heavy atom. The lowest BCUT2D eigenvalue weighted by molar-refractivity contribution is 0.0581. The van der Waals surface area contributed by atoms with Crippen molar-refractivity contribution in [1.82, 2.24) is 20.4 Å². The van der Waals surface area contributed by atoms with Crippen LogP contribution in [0.2, 0.25) is 0 Å². The van der Waals surface area contributed by atoms with E-state index in [4.69, 9.17) is 0 Å². The summed E-state index contributed by atoms with van der Waals surface area (Å²) in [5, 5.41) is 7.65. The van der Waals surface area contributed by atoms with Gasteiger partial charge in [0.1, 0.15) is 0 Å². The van der Waals surface area contributed by atoms with Crippen molar-refractivity contribution in [3.8, 4) is 0 Å². The third-order valence-electron chi connectivity index (χ3n) is 7.86. The highest BCUT2D eigenvalue weighted by Gasteiger charge is 2.40. The van der Waals surface area contributed by atoms with Crippen LogP contribution in [0, 0.1) is 0 Å². The number of nitrogens with zero attached hydrogens (tertiary/aromatic N) is 2. The van der Waals surface area contributed by atoms with Gasteiger partial charge in [-0.25, -0.2) is 0 Å². The summed E-state index contributed by atoms with van der Waals surface area (Å²) in [5.41, 5.74) is 0.919. The van der Waals surface area contributed by atoms with E-state index in [2.05, 4.69) is 96.8 Å². The summed E-state index contributed by atoms with van der Waals surface area (Å²) in [6, 6.07) is 2.04. The Morgan fingerprint density at radius 2 is 1.10 bits per heavy atom. The molecule has 0 bridgehead atoms. The molecule has 4 nitrogen and oxygen atoms in total. The summed E-state index contributed by atoms with van der Waals surface area (Å²) in [5.74, 6) is 0. The molecule has 31 heavy (non-hydrogen) atoms. The molecule has 0 aliphatic carbocycles. The lowest BCUT2D eigenvalue weighted by Gasteiger charge is -2.50. The average molecular weight is 437 g/mol. The van der Waals surface area contributed by atoms with E-state index in [0.29, 0.717) is 18.1 Å². The molecule has 4 heteroatoms. The number of hydrogen-bond acceptors (Lipinski definition) is 4. The van der Waals surface area contributed by atoms with E-state index in [0.717, 1.165) is 0 Å². The van der Waals surface area contributed by atoms with Crippen molar-refractivity contribution in [2.24, 2.45) is 0 Å². The Labute approximate surface area is 195 Å². The lowest BCUT2D eigenvalue weighted by atomic mass is 9.78. The Morgan fingerprint density at radius 3 is 1.55 bits per heavy atom. The first-order chi connectivity index (χ1) is 14.0. The summed E-state index contributed by atoms with van der Waals surface area (Å²) in [6.45, 7) is 22.6. The van der Waals surface area contributed by atoms with Gasteiger partial charge in [0.15, 0.2) is 0 Å². The molecule has 0 aromatic heterocycles. The topological polar surface area (TPSA) is 30.5 Å². The van der Waals surface area contributed by atoms with Crippen LogP contribution in [0.3, 0.4) is 0 Å². The van der Waals surface area contributed by atoms with Crippen molar-refractivity contribution in [2.45, 2.75) is 154 Å². The van der Waals surface area contributed by atoms with Gasteiger partial charge in [-0.05, 0) is 121 Å². The maximum absolute atomic E-state index is 3.83. The molecule has 0 amide bonds. The van der Waals surface area contributed by atoms with Gasteiger partial charge in [0, 0.05) is 40.3 Å². The molecule has 2 fully saturated rings. The number of piperidine rings is 2. The predicted octanol–water partition coefficient (Wildman–Crippen LogP) is 5.42. The van der Waals surface area contributed by atoms with E-state index in [1.807, 2.05) is 0 Å². The summed E-state index contributed by atoms with van der Waals surface area (Å²) < 4.78 is 0. The number of hydrogen-bond donors (Lipinski definition) is 2. The summed E-state index contributed by atoms with van der Waals surface area (Å²) in [4.78, 5) is 5.31. The molecule has 1 unspecified atom stereocenters. The fourth-order valence-corrected chi connectivity index (χ4v) is 6.86. The van der Waals surface area contributed by atoms with Crippen LogP contribution >= 0.6 is 0 Å². The quantitative estimate of drug-likeness (QED) is 0.473. The fourth-order valence-electron chi connectivity index (χ4n) is 6.86. The molecular weight excluding hydrogens is 380 g/mol. The minimum atomic E-state index is 0.225. The molecule has 2 aliphatic heterocycles. The summed E-state index contributed by atoms with van der Waals surface area (Å²) >= 11 is 0. The summed E-state index contributed by atoms with van der Waals surface area (Å²) in [6.07, 6.45) is 10.3. The van der Waals surface area contributed by atoms with Gasteiger partial charge in [-0.1, -0.05) is 12.8 Å². The molecule has 2 aliphatic rings. The maximum atomic E-state index is 3.83. The molecule has 1 atom stereocenters. The smallest absolute Gasteiger partial charge is 0.0145 e. The Balaban J connectivity index is 1.71. The minimum Gasteiger partial charge on any atom is -0.307 e. The molecule has 0 saturated carbocycles. The lowest BCUT2D eigenvalue weighted by Crippen LogP contribution is -2.62. The van der Waals surface area contributed by atoms with Crippen LogP contribution in [0.25, 0.3) is 0 Å². The van der Waals surface area contributed by atoms with Crippen molar-refractivity contribution in [2.75, 3.05) is 20.6 Å². The van der Waals surface area contributed by atoms with Crippen molar-refractivity contribution < 1.29 is 0 Å². The van der Waals surface area contributed by atoms with Gasteiger partial charge in [-0.3, -0.25) is 0 Å². The van der Waals surface area contributed by atoms with Gasteiger partial charge in [0.2, 0.25) is 0 Å². The molecule has 0 aromatic rings. The van der Waals surface area contributed by atoms with Crippen LogP contribution in [-0.2, 0) is 0 Å². The van der Waals surface area contributed by atoms with Crippen molar-refractivity contribution in [3.63, 3.8) is 0 Å². The number of rotatable bonds is 9. The van der Waals surface area contributed by atoms with Crippen LogP contribution in [0.4, 0.5) is 0 Å². The first kappa shape index (κ1) is 27.1. The number of unbranched alkanes of at least 4 members (excludes halogenated alkanes) is 2. The Kier molecular flexibility index (Phi) is 8.73. The molecule has 2 N–H and O–H groups in total. The average Bonchev–Trinajstić information content (AvgIpc) is 2.54. The van der Waals surface area contributed by atoms with E-state index in [9.17, 15) is 0 Å². The molecule has 2 saturated heterocycles. The normalized spacial score (nSPS) is 27.0. The van der Waals surface area contributed by atoms with Crippen molar-refractivity contribution >= 4 is 0 Å². The molecule has 2 rings (SSSR count). The second-order valence-corrected chi connectivity index (χ2v) is 13.8. The zero-order chi connectivity index (χ0) is 23.7. The summed E-state index contributed by atoms with van der Waals surface area (Å²) in [7, 11) is 4.71.